The number of nitrogens with zero attached hydrogens (tertiary/aromatic N) is 3. The first-order chi connectivity index (χ1) is 10.8. The van der Waals surface area contributed by atoms with Crippen molar-refractivity contribution in [1.82, 2.24) is 9.97 Å². The maximum atomic E-state index is 6.01. The zero-order valence-corrected chi connectivity index (χ0v) is 12.9. The Morgan fingerprint density at radius 3 is 3.00 bits per heavy atom. The van der Waals surface area contributed by atoms with Crippen molar-refractivity contribution < 1.29 is 9.47 Å². The van der Waals surface area contributed by atoms with E-state index in [2.05, 4.69) is 20.9 Å². The lowest BCUT2D eigenvalue weighted by Crippen LogP contribution is -2.39. The lowest BCUT2D eigenvalue weighted by molar-refractivity contribution is 0.0960. The highest BCUT2D eigenvalue weighted by atomic mass is 32.1. The van der Waals surface area contributed by atoms with Crippen LogP contribution >= 0.6 is 11.3 Å². The number of ether oxygens (including phenoxy) is 2. The Balaban J connectivity index is 1.53. The van der Waals surface area contributed by atoms with Crippen LogP contribution in [0, 0.1) is 0 Å². The third-order valence-electron chi connectivity index (χ3n) is 3.65. The molecule has 112 valence electrons. The third kappa shape index (κ3) is 2.35. The van der Waals surface area contributed by atoms with E-state index < -0.39 is 0 Å². The Morgan fingerprint density at radius 2 is 2.09 bits per heavy atom. The molecule has 2 aromatic heterocycles. The first-order valence-electron chi connectivity index (χ1n) is 7.09. The molecular formula is C16H15N3O2S. The first-order valence-corrected chi connectivity index (χ1v) is 7.97. The molecule has 1 aromatic carbocycles. The Hall–Kier alpha value is -2.34. The molecule has 0 bridgehead atoms. The molecule has 22 heavy (non-hydrogen) atoms. The minimum Gasteiger partial charge on any atom is -0.486 e. The van der Waals surface area contributed by atoms with Gasteiger partial charge in [0.1, 0.15) is 23.6 Å². The number of hydrogen-bond donors (Lipinski definition) is 0. The predicted octanol–water partition coefficient (Wildman–Crippen LogP) is 2.97. The molecule has 0 N–H and O–H groups in total. The van der Waals surface area contributed by atoms with E-state index in [4.69, 9.17) is 9.47 Å². The number of benzene rings is 1. The van der Waals surface area contributed by atoms with Crippen LogP contribution in [0.2, 0.25) is 0 Å². The van der Waals surface area contributed by atoms with Gasteiger partial charge in [0.05, 0.1) is 11.9 Å². The van der Waals surface area contributed by atoms with Crippen molar-refractivity contribution in [2.45, 2.75) is 6.10 Å². The van der Waals surface area contributed by atoms with Crippen molar-refractivity contribution in [3.05, 3.63) is 42.0 Å². The van der Waals surface area contributed by atoms with Gasteiger partial charge in [0.25, 0.3) is 0 Å². The van der Waals surface area contributed by atoms with Gasteiger partial charge in [-0.3, -0.25) is 0 Å². The van der Waals surface area contributed by atoms with Gasteiger partial charge in [-0.1, -0.05) is 12.1 Å². The van der Waals surface area contributed by atoms with E-state index in [1.807, 2.05) is 36.7 Å². The number of likely N-dealkylation sites (N-methyl/N-ethyl adjacent to an activating group) is 1. The highest BCUT2D eigenvalue weighted by molar-refractivity contribution is 7.16. The number of anilines is 1. The van der Waals surface area contributed by atoms with E-state index in [0.29, 0.717) is 13.2 Å². The molecule has 0 aliphatic carbocycles. The van der Waals surface area contributed by atoms with Gasteiger partial charge >= 0.3 is 0 Å². The average molecular weight is 313 g/mol. The van der Waals surface area contributed by atoms with Crippen molar-refractivity contribution >= 4 is 27.4 Å². The van der Waals surface area contributed by atoms with E-state index in [-0.39, 0.29) is 6.10 Å². The quantitative estimate of drug-likeness (QED) is 0.744. The molecule has 4 rings (SSSR count). The molecule has 0 saturated heterocycles. The number of aromatic nitrogens is 2. The SMILES string of the molecule is CN(CC1COc2ccccc2O1)c1ncnc2sccc12. The van der Waals surface area contributed by atoms with Crippen LogP contribution in [-0.2, 0) is 0 Å². The van der Waals surface area contributed by atoms with Crippen molar-refractivity contribution in [1.29, 1.82) is 0 Å². The summed E-state index contributed by atoms with van der Waals surface area (Å²) in [6.45, 7) is 1.25. The number of hydrogen-bond acceptors (Lipinski definition) is 6. The maximum Gasteiger partial charge on any atom is 0.161 e. The van der Waals surface area contributed by atoms with Crippen LogP contribution < -0.4 is 14.4 Å². The molecule has 1 aliphatic heterocycles. The fraction of sp³-hybridized carbons (Fsp3) is 0.250. The smallest absolute Gasteiger partial charge is 0.161 e. The van der Waals surface area contributed by atoms with Crippen LogP contribution in [0.1, 0.15) is 0 Å². The summed E-state index contributed by atoms with van der Waals surface area (Å²) in [5.41, 5.74) is 0. The fourth-order valence-electron chi connectivity index (χ4n) is 2.63. The Bertz CT molecular complexity index is 805. The van der Waals surface area contributed by atoms with Crippen LogP contribution in [0.25, 0.3) is 10.2 Å². The topological polar surface area (TPSA) is 47.5 Å². The van der Waals surface area contributed by atoms with Gasteiger partial charge in [0.15, 0.2) is 17.6 Å². The van der Waals surface area contributed by atoms with E-state index in [9.17, 15) is 0 Å². The summed E-state index contributed by atoms with van der Waals surface area (Å²) >= 11 is 1.62. The minimum atomic E-state index is -0.0245. The van der Waals surface area contributed by atoms with Crippen LogP contribution in [0.4, 0.5) is 5.82 Å². The molecule has 1 atom stereocenters. The molecule has 0 saturated carbocycles. The van der Waals surface area contributed by atoms with E-state index in [1.165, 1.54) is 0 Å². The van der Waals surface area contributed by atoms with Gasteiger partial charge < -0.3 is 14.4 Å². The second-order valence-corrected chi connectivity index (χ2v) is 6.11. The molecule has 3 heterocycles. The number of rotatable bonds is 3. The second kappa shape index (κ2) is 5.46. The van der Waals surface area contributed by atoms with Crippen molar-refractivity contribution in [2.24, 2.45) is 0 Å². The van der Waals surface area contributed by atoms with E-state index >= 15 is 0 Å². The summed E-state index contributed by atoms with van der Waals surface area (Å²) in [6.07, 6.45) is 1.58. The largest absolute Gasteiger partial charge is 0.486 e. The molecule has 0 fully saturated rings. The molecular weight excluding hydrogens is 298 g/mol. The van der Waals surface area contributed by atoms with Crippen molar-refractivity contribution in [3.63, 3.8) is 0 Å². The number of para-hydroxylation sites is 2. The highest BCUT2D eigenvalue weighted by Gasteiger charge is 2.23. The predicted molar refractivity (Wildman–Crippen MR) is 87.0 cm³/mol. The first kappa shape index (κ1) is 13.3. The maximum absolute atomic E-state index is 6.01. The lowest BCUT2D eigenvalue weighted by Gasteiger charge is -2.30. The molecule has 1 unspecified atom stereocenters. The van der Waals surface area contributed by atoms with Crippen LogP contribution in [0.5, 0.6) is 11.5 Å². The van der Waals surface area contributed by atoms with Gasteiger partial charge in [0.2, 0.25) is 0 Å². The van der Waals surface area contributed by atoms with Crippen molar-refractivity contribution in [3.8, 4) is 11.5 Å². The highest BCUT2D eigenvalue weighted by Crippen LogP contribution is 2.32. The minimum absolute atomic E-state index is 0.0245. The molecule has 0 spiro atoms. The Labute approximate surface area is 132 Å². The summed E-state index contributed by atoms with van der Waals surface area (Å²) in [5, 5.41) is 3.11. The monoisotopic (exact) mass is 313 g/mol. The second-order valence-electron chi connectivity index (χ2n) is 5.21. The van der Waals surface area contributed by atoms with E-state index in [1.54, 1.807) is 17.7 Å². The summed E-state index contributed by atoms with van der Waals surface area (Å²) in [6, 6.07) is 9.81. The Morgan fingerprint density at radius 1 is 1.23 bits per heavy atom. The normalized spacial score (nSPS) is 16.7. The Kier molecular flexibility index (Phi) is 3.31. The molecule has 0 radical (unpaired) electrons. The van der Waals surface area contributed by atoms with Gasteiger partial charge in [-0.2, -0.15) is 0 Å². The van der Waals surface area contributed by atoms with Crippen LogP contribution in [0.3, 0.4) is 0 Å². The van der Waals surface area contributed by atoms with Gasteiger partial charge in [0, 0.05) is 7.05 Å². The van der Waals surface area contributed by atoms with E-state index in [0.717, 1.165) is 27.5 Å². The number of fused-ring (bicyclic) bond motifs is 2. The van der Waals surface area contributed by atoms with Crippen LogP contribution in [0.15, 0.2) is 42.0 Å². The summed E-state index contributed by atoms with van der Waals surface area (Å²) in [4.78, 5) is 11.8. The zero-order valence-electron chi connectivity index (χ0n) is 12.1. The standard InChI is InChI=1S/C16H15N3O2S/c1-19(15-12-6-7-22-16(12)18-10-17-15)8-11-9-20-13-4-2-3-5-14(13)21-11/h2-7,10-11H,8-9H2,1H3. The van der Waals surface area contributed by atoms with Crippen LogP contribution in [-0.4, -0.2) is 36.3 Å². The summed E-state index contributed by atoms with van der Waals surface area (Å²) in [7, 11) is 2.02. The van der Waals surface area contributed by atoms with Gasteiger partial charge in [-0.15, -0.1) is 11.3 Å². The van der Waals surface area contributed by atoms with Gasteiger partial charge in [-0.25, -0.2) is 9.97 Å². The molecule has 5 nitrogen and oxygen atoms in total. The number of thiophene rings is 1. The summed E-state index contributed by atoms with van der Waals surface area (Å²) < 4.78 is 11.8. The molecule has 3 aromatic rings. The lowest BCUT2D eigenvalue weighted by atomic mass is 10.2. The third-order valence-corrected chi connectivity index (χ3v) is 4.47. The molecule has 6 heteroatoms. The molecule has 1 aliphatic rings. The fourth-order valence-corrected chi connectivity index (χ4v) is 3.35. The van der Waals surface area contributed by atoms with Crippen molar-refractivity contribution in [2.75, 3.05) is 25.1 Å². The zero-order chi connectivity index (χ0) is 14.9. The average Bonchev–Trinajstić information content (AvgIpc) is 3.03. The summed E-state index contributed by atoms with van der Waals surface area (Å²) in [5.74, 6) is 2.54. The van der Waals surface area contributed by atoms with Gasteiger partial charge in [-0.05, 0) is 23.6 Å². The molecule has 0 amide bonds.